The first-order valence-electron chi connectivity index (χ1n) is 12.9. The summed E-state index contributed by atoms with van der Waals surface area (Å²) < 4.78 is 111. The summed E-state index contributed by atoms with van der Waals surface area (Å²) in [6.45, 7) is 10.5. The van der Waals surface area contributed by atoms with E-state index >= 15 is 0 Å². The molecule has 40 heavy (non-hydrogen) atoms. The molecule has 0 spiro atoms. The van der Waals surface area contributed by atoms with Gasteiger partial charge in [-0.05, 0) is 87.1 Å². The summed E-state index contributed by atoms with van der Waals surface area (Å²) in [4.78, 5) is -0.0778. The first kappa shape index (κ1) is 29.6. The third-order valence-electron chi connectivity index (χ3n) is 8.59. The standard InChI is InChI=1S/C26H34N2O8S4/c1-15-7-19(5)25(9-17(15)3)39(33,34)27-21-11-37(29,30)13-23(21)28(24-14-38(31,32)12-22(24)27)40(35,36)26-10-18(4)16(2)8-20(26)6/h7-10,21-24H,11-14H2,1-6H3/t21-,22+,23+,24-. The van der Waals surface area contributed by atoms with Gasteiger partial charge in [0.25, 0.3) is 0 Å². The molecule has 5 rings (SSSR count). The van der Waals surface area contributed by atoms with Crippen molar-refractivity contribution in [2.24, 2.45) is 0 Å². The second-order valence-electron chi connectivity index (χ2n) is 11.5. The highest BCUT2D eigenvalue weighted by atomic mass is 32.2. The summed E-state index contributed by atoms with van der Waals surface area (Å²) in [6, 6.07) is 1.38. The number of fused-ring (bicyclic) bond motifs is 2. The topological polar surface area (TPSA) is 143 Å². The molecular formula is C26H34N2O8S4. The lowest BCUT2D eigenvalue weighted by Gasteiger charge is -2.49. The van der Waals surface area contributed by atoms with Crippen LogP contribution >= 0.6 is 0 Å². The highest BCUT2D eigenvalue weighted by Crippen LogP contribution is 2.44. The van der Waals surface area contributed by atoms with E-state index < -0.39 is 86.9 Å². The van der Waals surface area contributed by atoms with Crippen molar-refractivity contribution in [1.29, 1.82) is 0 Å². The van der Waals surface area contributed by atoms with Gasteiger partial charge in [0, 0.05) is 0 Å². The van der Waals surface area contributed by atoms with Crippen molar-refractivity contribution < 1.29 is 33.7 Å². The van der Waals surface area contributed by atoms with Crippen LogP contribution in [0, 0.1) is 41.5 Å². The van der Waals surface area contributed by atoms with Gasteiger partial charge >= 0.3 is 0 Å². The maximum Gasteiger partial charge on any atom is 0.244 e. The summed E-state index contributed by atoms with van der Waals surface area (Å²) in [5.74, 6) is -2.38. The molecule has 0 radical (unpaired) electrons. The number of benzene rings is 2. The Labute approximate surface area is 237 Å². The minimum atomic E-state index is -4.41. The van der Waals surface area contributed by atoms with Crippen LogP contribution in [0.25, 0.3) is 0 Å². The fourth-order valence-corrected chi connectivity index (χ4v) is 15.0. The molecule has 0 aliphatic carbocycles. The molecule has 2 aromatic carbocycles. The van der Waals surface area contributed by atoms with Gasteiger partial charge in [0.05, 0.1) is 57.0 Å². The number of aryl methyl sites for hydroxylation is 6. The Morgan fingerprint density at radius 2 is 0.750 bits per heavy atom. The van der Waals surface area contributed by atoms with Crippen molar-refractivity contribution in [2.45, 2.75) is 75.5 Å². The number of rotatable bonds is 4. The Balaban J connectivity index is 1.75. The molecule has 220 valence electrons. The summed E-state index contributed by atoms with van der Waals surface area (Å²) in [5, 5.41) is 0. The number of nitrogens with zero attached hydrogens (tertiary/aromatic N) is 2. The maximum absolute atomic E-state index is 14.3. The Morgan fingerprint density at radius 3 is 1.02 bits per heavy atom. The van der Waals surface area contributed by atoms with E-state index in [1.165, 1.54) is 12.1 Å². The SMILES string of the molecule is Cc1cc(C)c(S(=O)(=O)N2[C@@H]3CS(=O)(=O)C[C@@H]3N(S(=O)(=O)c3cc(C)c(C)cc3C)[C@@H]3CS(=O)(=O)C[C@@H]32)cc1C. The van der Waals surface area contributed by atoms with Gasteiger partial charge in [-0.15, -0.1) is 0 Å². The highest BCUT2D eigenvalue weighted by Gasteiger charge is 2.63. The predicted octanol–water partition coefficient (Wildman–Crippen LogP) is 1.56. The number of sulfonamides is 2. The summed E-state index contributed by atoms with van der Waals surface area (Å²) >= 11 is 0. The third kappa shape index (κ3) is 4.64. The molecule has 14 heteroatoms. The van der Waals surface area contributed by atoms with E-state index in [1.807, 2.05) is 13.8 Å². The molecule has 0 saturated carbocycles. The summed E-state index contributed by atoms with van der Waals surface area (Å²) in [6.07, 6.45) is 0. The third-order valence-corrected chi connectivity index (χ3v) is 16.2. The zero-order valence-electron chi connectivity index (χ0n) is 23.2. The quantitative estimate of drug-likeness (QED) is 0.496. The smallest absolute Gasteiger partial charge is 0.229 e. The van der Waals surface area contributed by atoms with Crippen molar-refractivity contribution in [3.63, 3.8) is 0 Å². The Morgan fingerprint density at radius 1 is 0.500 bits per heavy atom. The molecule has 0 unspecified atom stereocenters. The van der Waals surface area contributed by atoms with Crippen molar-refractivity contribution >= 4 is 39.7 Å². The monoisotopic (exact) mass is 630 g/mol. The molecular weight excluding hydrogens is 597 g/mol. The van der Waals surface area contributed by atoms with Gasteiger partial charge < -0.3 is 0 Å². The lowest BCUT2D eigenvalue weighted by molar-refractivity contribution is 0.0841. The second-order valence-corrected chi connectivity index (χ2v) is 19.4. The zero-order valence-corrected chi connectivity index (χ0v) is 26.5. The number of piperazine rings is 1. The van der Waals surface area contributed by atoms with Gasteiger partial charge in [0.15, 0.2) is 19.7 Å². The molecule has 0 N–H and O–H groups in total. The minimum absolute atomic E-state index is 0.0389. The highest BCUT2D eigenvalue weighted by molar-refractivity contribution is 7.93. The summed E-state index contributed by atoms with van der Waals surface area (Å²) in [7, 11) is -16.5. The fraction of sp³-hybridized carbons (Fsp3) is 0.538. The predicted molar refractivity (Wildman–Crippen MR) is 152 cm³/mol. The first-order valence-corrected chi connectivity index (χ1v) is 19.4. The number of sulfone groups is 2. The van der Waals surface area contributed by atoms with Crippen LogP contribution in [-0.4, -0.2) is 89.5 Å². The van der Waals surface area contributed by atoms with Gasteiger partial charge in [0.2, 0.25) is 20.0 Å². The van der Waals surface area contributed by atoms with E-state index in [0.29, 0.717) is 22.3 Å². The van der Waals surface area contributed by atoms with Gasteiger partial charge in [-0.25, -0.2) is 33.7 Å². The molecule has 3 fully saturated rings. The van der Waals surface area contributed by atoms with E-state index in [2.05, 4.69) is 0 Å². The normalized spacial score (nSPS) is 28.4. The van der Waals surface area contributed by atoms with Crippen molar-refractivity contribution in [1.82, 2.24) is 8.61 Å². The lowest BCUT2D eigenvalue weighted by Crippen LogP contribution is -2.70. The molecule has 3 saturated heterocycles. The fourth-order valence-electron chi connectivity index (χ4n) is 6.45. The largest absolute Gasteiger partial charge is 0.244 e. The minimum Gasteiger partial charge on any atom is -0.229 e. The molecule has 3 aliphatic rings. The first-order chi connectivity index (χ1) is 18.3. The average molecular weight is 631 g/mol. The van der Waals surface area contributed by atoms with Crippen LogP contribution in [0.2, 0.25) is 0 Å². The van der Waals surface area contributed by atoms with Gasteiger partial charge in [-0.1, -0.05) is 12.1 Å². The van der Waals surface area contributed by atoms with Gasteiger partial charge in [0.1, 0.15) is 0 Å². The van der Waals surface area contributed by atoms with Crippen molar-refractivity contribution in [3.05, 3.63) is 57.6 Å². The average Bonchev–Trinajstić information content (AvgIpc) is 3.28. The van der Waals surface area contributed by atoms with Crippen LogP contribution in [0.3, 0.4) is 0 Å². The molecule has 0 aromatic heterocycles. The van der Waals surface area contributed by atoms with Crippen LogP contribution in [0.4, 0.5) is 0 Å². The molecule has 4 atom stereocenters. The van der Waals surface area contributed by atoms with E-state index in [9.17, 15) is 33.7 Å². The van der Waals surface area contributed by atoms with Gasteiger partial charge in [-0.3, -0.25) is 0 Å². The molecule has 10 nitrogen and oxygen atoms in total. The van der Waals surface area contributed by atoms with Crippen LogP contribution in [0.5, 0.6) is 0 Å². The molecule has 3 aliphatic heterocycles. The summed E-state index contributed by atoms with van der Waals surface area (Å²) in [5.41, 5.74) is 4.05. The Kier molecular flexibility index (Phi) is 6.92. The van der Waals surface area contributed by atoms with Crippen LogP contribution in [0.1, 0.15) is 33.4 Å². The molecule has 3 heterocycles. The zero-order chi connectivity index (χ0) is 29.7. The van der Waals surface area contributed by atoms with E-state index in [0.717, 1.165) is 19.7 Å². The molecule has 0 amide bonds. The Bertz CT molecular complexity index is 1690. The van der Waals surface area contributed by atoms with Crippen molar-refractivity contribution in [2.75, 3.05) is 23.0 Å². The lowest BCUT2D eigenvalue weighted by atomic mass is 10.0. The van der Waals surface area contributed by atoms with Crippen molar-refractivity contribution in [3.8, 4) is 0 Å². The van der Waals surface area contributed by atoms with Gasteiger partial charge in [-0.2, -0.15) is 8.61 Å². The number of hydrogen-bond donors (Lipinski definition) is 0. The van der Waals surface area contributed by atoms with E-state index in [4.69, 9.17) is 0 Å². The van der Waals surface area contributed by atoms with Crippen LogP contribution in [-0.2, 0) is 39.7 Å². The van der Waals surface area contributed by atoms with Crippen LogP contribution in [0.15, 0.2) is 34.1 Å². The van der Waals surface area contributed by atoms with Crippen LogP contribution < -0.4 is 0 Å². The maximum atomic E-state index is 14.3. The second kappa shape index (κ2) is 9.33. The van der Waals surface area contributed by atoms with E-state index in [-0.39, 0.29) is 9.79 Å². The molecule has 0 bridgehead atoms. The number of hydrogen-bond acceptors (Lipinski definition) is 8. The Hall–Kier alpha value is -1.84. The molecule has 2 aromatic rings. The van der Waals surface area contributed by atoms with E-state index in [1.54, 1.807) is 39.8 Å².